The van der Waals surface area contributed by atoms with Crippen molar-refractivity contribution in [3.8, 4) is 5.75 Å². The topological polar surface area (TPSA) is 96.0 Å². The van der Waals surface area contributed by atoms with E-state index in [0.29, 0.717) is 6.42 Å². The van der Waals surface area contributed by atoms with Crippen LogP contribution in [0.2, 0.25) is 0 Å². The Hall–Kier alpha value is -0.160. The molecule has 0 aliphatic carbocycles. The number of rotatable bonds is 16. The fourth-order valence-electron chi connectivity index (χ4n) is 2.48. The third-order valence-electron chi connectivity index (χ3n) is 3.83. The molecule has 0 unspecified atom stereocenters. The molecule has 0 aliphatic rings. The Morgan fingerprint density at radius 2 is 1.25 bits per heavy atom. The van der Waals surface area contributed by atoms with Crippen molar-refractivity contribution in [2.75, 3.05) is 6.61 Å². The Balaban J connectivity index is 0. The number of unbranched alkanes of at least 4 members (excludes halogenated alkanes) is 9. The molecule has 0 saturated carbocycles. The Kier molecular flexibility index (Phi) is 15.6. The van der Waals surface area contributed by atoms with E-state index in [2.05, 4.69) is 18.9 Å². The van der Waals surface area contributed by atoms with Crippen LogP contribution in [0.4, 0.5) is 0 Å². The molecule has 28 heavy (non-hydrogen) atoms. The van der Waals surface area contributed by atoms with Crippen LogP contribution in [0.15, 0.2) is 30.3 Å². The molecule has 0 saturated heterocycles. The Labute approximate surface area is 193 Å². The van der Waals surface area contributed by atoms with Gasteiger partial charge < -0.3 is 5.61 Å². The van der Waals surface area contributed by atoms with Gasteiger partial charge in [-0.25, -0.2) is 4.18 Å². The van der Waals surface area contributed by atoms with Crippen molar-refractivity contribution < 1.29 is 59.8 Å². The molecule has 1 aromatic rings. The zero-order valence-electron chi connectivity index (χ0n) is 17.8. The number of benzene rings is 1. The van der Waals surface area contributed by atoms with Crippen LogP contribution in [0, 0.1) is 0 Å². The summed E-state index contributed by atoms with van der Waals surface area (Å²) in [4.78, 5) is 0. The average molecular weight is 447 g/mol. The third-order valence-corrected chi connectivity index (χ3v) is 6.02. The smallest absolute Gasteiger partial charge is 1.00 e. The fourth-order valence-corrected chi connectivity index (χ4v) is 4.23. The van der Waals surface area contributed by atoms with Gasteiger partial charge in [0, 0.05) is 0 Å². The quantitative estimate of drug-likeness (QED) is 0.281. The van der Waals surface area contributed by atoms with Crippen molar-refractivity contribution in [1.29, 1.82) is 0 Å². The van der Waals surface area contributed by atoms with Crippen molar-refractivity contribution in [2.45, 2.75) is 71.1 Å². The summed E-state index contributed by atoms with van der Waals surface area (Å²) < 4.78 is 59.5. The summed E-state index contributed by atoms with van der Waals surface area (Å²) in [6, 6.07) is 7.46. The molecule has 1 aromatic carbocycles. The summed E-state index contributed by atoms with van der Waals surface area (Å²) in [5, 5.41) is 0. The molecule has 1 rings (SSSR count). The second-order valence-electron chi connectivity index (χ2n) is 6.28. The van der Waals surface area contributed by atoms with Crippen LogP contribution < -0.4 is 33.7 Å². The maximum Gasteiger partial charge on any atom is 1.00 e. The standard InChI is InChI=1S/C18H30O7S2.Na.H/c1-2-3-4-5-6-7-8-9-10-14-17-23-26(19,20)25-27(21,22)24-18-15-12-11-13-16-18;;/h11-13,15-16H,2-10,14,17H2,1H3;;/q;+1;-1. The first kappa shape index (κ1) is 27.8. The van der Waals surface area contributed by atoms with E-state index in [1.807, 2.05) is 0 Å². The monoisotopic (exact) mass is 446 g/mol. The maximum atomic E-state index is 11.6. The molecule has 0 aromatic heterocycles. The molecule has 0 radical (unpaired) electrons. The predicted octanol–water partition coefficient (Wildman–Crippen LogP) is 1.63. The summed E-state index contributed by atoms with van der Waals surface area (Å²) in [7, 11) is -9.45. The summed E-state index contributed by atoms with van der Waals surface area (Å²) in [5.74, 6) is -0.0533. The van der Waals surface area contributed by atoms with E-state index in [0.717, 1.165) is 19.3 Å². The third kappa shape index (κ3) is 14.8. The van der Waals surface area contributed by atoms with Crippen LogP contribution in [-0.4, -0.2) is 23.4 Å². The molecular weight excluding hydrogens is 415 g/mol. The summed E-state index contributed by atoms with van der Waals surface area (Å²) >= 11 is 0. The molecule has 0 aliphatic heterocycles. The van der Waals surface area contributed by atoms with Gasteiger partial charge in [0.1, 0.15) is 5.75 Å². The first-order chi connectivity index (χ1) is 12.8. The maximum absolute atomic E-state index is 11.6. The van der Waals surface area contributed by atoms with Crippen LogP contribution in [-0.2, 0) is 28.6 Å². The number of hydrogen-bond acceptors (Lipinski definition) is 7. The van der Waals surface area contributed by atoms with Crippen molar-refractivity contribution in [3.05, 3.63) is 30.3 Å². The molecule has 10 heteroatoms. The van der Waals surface area contributed by atoms with Crippen molar-refractivity contribution in [1.82, 2.24) is 0 Å². The molecule has 0 amide bonds. The molecule has 0 spiro atoms. The molecule has 0 N–H and O–H groups in total. The minimum absolute atomic E-state index is 0. The van der Waals surface area contributed by atoms with Gasteiger partial charge in [-0.2, -0.15) is 16.8 Å². The van der Waals surface area contributed by atoms with E-state index in [9.17, 15) is 16.8 Å². The van der Waals surface area contributed by atoms with Crippen LogP contribution in [0.25, 0.3) is 0 Å². The molecule has 0 atom stereocenters. The van der Waals surface area contributed by atoms with Crippen LogP contribution >= 0.6 is 0 Å². The van der Waals surface area contributed by atoms with Gasteiger partial charge in [0.2, 0.25) is 0 Å². The fraction of sp³-hybridized carbons (Fsp3) is 0.667. The molecular formula is C18H31NaO7S2. The molecule has 0 heterocycles. The van der Waals surface area contributed by atoms with Crippen LogP contribution in [0.1, 0.15) is 72.6 Å². The number of para-hydroxylation sites is 1. The van der Waals surface area contributed by atoms with Gasteiger partial charge in [0.15, 0.2) is 0 Å². The van der Waals surface area contributed by atoms with Gasteiger partial charge in [-0.05, 0) is 18.6 Å². The van der Waals surface area contributed by atoms with E-state index in [1.165, 1.54) is 50.7 Å². The molecule has 158 valence electrons. The normalized spacial score (nSPS) is 11.8. The molecule has 7 nitrogen and oxygen atoms in total. The minimum atomic E-state index is -4.77. The van der Waals surface area contributed by atoms with Gasteiger partial charge >= 0.3 is 50.4 Å². The zero-order chi connectivity index (χ0) is 20.0. The van der Waals surface area contributed by atoms with Crippen LogP contribution in [0.5, 0.6) is 5.75 Å². The second kappa shape index (κ2) is 15.6. The van der Waals surface area contributed by atoms with Gasteiger partial charge in [0.25, 0.3) is 0 Å². The Morgan fingerprint density at radius 3 is 1.79 bits per heavy atom. The van der Waals surface area contributed by atoms with Crippen LogP contribution in [0.3, 0.4) is 0 Å². The van der Waals surface area contributed by atoms with Gasteiger partial charge in [-0.1, -0.05) is 86.5 Å². The second-order valence-corrected chi connectivity index (χ2v) is 8.86. The summed E-state index contributed by atoms with van der Waals surface area (Å²) in [5.41, 5.74) is 0. The first-order valence-electron chi connectivity index (χ1n) is 9.44. The van der Waals surface area contributed by atoms with Gasteiger partial charge in [-0.3, -0.25) is 0 Å². The van der Waals surface area contributed by atoms with E-state index in [4.69, 9.17) is 0 Å². The Bertz CT molecular complexity index is 713. The average Bonchev–Trinajstić information content (AvgIpc) is 2.59. The van der Waals surface area contributed by atoms with Gasteiger partial charge in [-0.15, -0.1) is 0 Å². The molecule has 0 fully saturated rings. The van der Waals surface area contributed by atoms with E-state index >= 15 is 0 Å². The number of hydrogen-bond donors (Lipinski definition) is 0. The zero-order valence-corrected chi connectivity index (χ0v) is 20.5. The van der Waals surface area contributed by atoms with E-state index in [-0.39, 0.29) is 43.3 Å². The van der Waals surface area contributed by atoms with Crippen molar-refractivity contribution >= 4 is 20.8 Å². The van der Waals surface area contributed by atoms with E-state index < -0.39 is 20.8 Å². The first-order valence-corrected chi connectivity index (χ1v) is 12.1. The summed E-state index contributed by atoms with van der Waals surface area (Å²) in [6.07, 6.45) is 10.9. The van der Waals surface area contributed by atoms with Crippen molar-refractivity contribution in [2.24, 2.45) is 0 Å². The Morgan fingerprint density at radius 1 is 0.750 bits per heavy atom. The molecule has 0 bridgehead atoms. The minimum Gasteiger partial charge on any atom is -1.00 e. The van der Waals surface area contributed by atoms with Crippen molar-refractivity contribution in [3.63, 3.8) is 0 Å². The summed E-state index contributed by atoms with van der Waals surface area (Å²) in [6.45, 7) is 2.07. The SMILES string of the molecule is CCCCCCCCCCCCOS(=O)(=O)OS(=O)(=O)Oc1ccccc1.[H-].[Na+]. The predicted molar refractivity (Wildman–Crippen MR) is 105 cm³/mol. The largest absolute Gasteiger partial charge is 1.00 e. The van der Waals surface area contributed by atoms with E-state index in [1.54, 1.807) is 18.2 Å². The van der Waals surface area contributed by atoms with Gasteiger partial charge in [0.05, 0.1) is 6.61 Å².